The molecule has 3 aliphatic rings. The first kappa shape index (κ1) is 17.1. The molecule has 1 N–H and O–H groups in total. The van der Waals surface area contributed by atoms with Crippen LogP contribution in [0, 0.1) is 0 Å². The van der Waals surface area contributed by atoms with Crippen molar-refractivity contribution < 1.29 is 9.47 Å². The first-order valence-corrected chi connectivity index (χ1v) is 9.72. The molecular weight excluding hydrogens is 314 g/mol. The molecule has 0 radical (unpaired) electrons. The van der Waals surface area contributed by atoms with Crippen LogP contribution in [0.25, 0.3) is 0 Å². The third kappa shape index (κ3) is 3.94. The summed E-state index contributed by atoms with van der Waals surface area (Å²) in [5.74, 6) is 0.927. The van der Waals surface area contributed by atoms with Gasteiger partial charge in [0.15, 0.2) is 0 Å². The molecule has 0 unspecified atom stereocenters. The number of fused-ring (bicyclic) bond motifs is 1. The van der Waals surface area contributed by atoms with Crippen molar-refractivity contribution in [2.24, 2.45) is 0 Å². The average molecular weight is 345 g/mol. The maximum atomic E-state index is 5.82. The maximum Gasteiger partial charge on any atom is 0.119 e. The second-order valence-corrected chi connectivity index (χ2v) is 7.81. The van der Waals surface area contributed by atoms with E-state index in [0.29, 0.717) is 24.2 Å². The van der Waals surface area contributed by atoms with Crippen LogP contribution in [0.15, 0.2) is 24.3 Å². The molecular formula is C20H31N3O2. The standard InChI is InChI=1S/C20H31N3O2/c1-15-12-23-13-17(11-19(23)14-25-15)21-16-7-9-22(10-8-16)18-3-5-20(24-2)6-4-18/h3-6,15-17,19,21H,7-14H2,1-2H3/t15-,17+,19-/m0/s1. The minimum atomic E-state index is 0.391. The maximum absolute atomic E-state index is 5.82. The molecule has 0 aromatic heterocycles. The van der Waals surface area contributed by atoms with E-state index in [-0.39, 0.29) is 0 Å². The Morgan fingerprint density at radius 1 is 1.08 bits per heavy atom. The Morgan fingerprint density at radius 3 is 2.56 bits per heavy atom. The number of methoxy groups -OCH3 is 1. The molecule has 25 heavy (non-hydrogen) atoms. The minimum Gasteiger partial charge on any atom is -0.497 e. The van der Waals surface area contributed by atoms with Gasteiger partial charge in [-0.05, 0) is 50.5 Å². The third-order valence-corrected chi connectivity index (χ3v) is 6.00. The minimum absolute atomic E-state index is 0.391. The van der Waals surface area contributed by atoms with Crippen LogP contribution in [0.4, 0.5) is 5.69 Å². The number of nitrogens with one attached hydrogen (secondary N) is 1. The first-order valence-electron chi connectivity index (χ1n) is 9.72. The summed E-state index contributed by atoms with van der Waals surface area (Å²) in [7, 11) is 1.72. The third-order valence-electron chi connectivity index (χ3n) is 6.00. The molecule has 3 heterocycles. The van der Waals surface area contributed by atoms with Gasteiger partial charge < -0.3 is 19.7 Å². The number of nitrogens with zero attached hydrogens (tertiary/aromatic N) is 2. The zero-order chi connectivity index (χ0) is 17.2. The second kappa shape index (κ2) is 7.52. The summed E-state index contributed by atoms with van der Waals surface area (Å²) < 4.78 is 11.1. The number of anilines is 1. The van der Waals surface area contributed by atoms with Crippen LogP contribution in [0.5, 0.6) is 5.75 Å². The second-order valence-electron chi connectivity index (χ2n) is 7.81. The number of hydrogen-bond acceptors (Lipinski definition) is 5. The van der Waals surface area contributed by atoms with E-state index in [1.54, 1.807) is 7.11 Å². The van der Waals surface area contributed by atoms with Crippen LogP contribution in [0.1, 0.15) is 26.2 Å². The van der Waals surface area contributed by atoms with Crippen molar-refractivity contribution in [2.75, 3.05) is 44.8 Å². The SMILES string of the molecule is COc1ccc(N2CCC(N[C@@H]3C[C@H]4CO[C@@H](C)CN4C3)CC2)cc1. The highest BCUT2D eigenvalue weighted by atomic mass is 16.5. The van der Waals surface area contributed by atoms with Crippen LogP contribution in [0.3, 0.4) is 0 Å². The van der Waals surface area contributed by atoms with Gasteiger partial charge in [0.25, 0.3) is 0 Å². The van der Waals surface area contributed by atoms with Crippen molar-refractivity contribution in [2.45, 2.75) is 50.4 Å². The van der Waals surface area contributed by atoms with E-state index >= 15 is 0 Å². The van der Waals surface area contributed by atoms with Gasteiger partial charge >= 0.3 is 0 Å². The van der Waals surface area contributed by atoms with Crippen LogP contribution < -0.4 is 15.0 Å². The molecule has 3 fully saturated rings. The van der Waals surface area contributed by atoms with Gasteiger partial charge in [0.05, 0.1) is 19.8 Å². The van der Waals surface area contributed by atoms with E-state index in [2.05, 4.69) is 46.3 Å². The first-order chi connectivity index (χ1) is 12.2. The van der Waals surface area contributed by atoms with E-state index in [0.717, 1.165) is 32.0 Å². The van der Waals surface area contributed by atoms with Gasteiger partial charge in [-0.1, -0.05) is 0 Å². The highest BCUT2D eigenvalue weighted by Crippen LogP contribution is 2.26. The lowest BCUT2D eigenvalue weighted by Crippen LogP contribution is -2.47. The van der Waals surface area contributed by atoms with Crippen LogP contribution in [-0.2, 0) is 4.74 Å². The van der Waals surface area contributed by atoms with Crippen LogP contribution >= 0.6 is 0 Å². The Morgan fingerprint density at radius 2 is 1.84 bits per heavy atom. The molecule has 3 aliphatic heterocycles. The fraction of sp³-hybridized carbons (Fsp3) is 0.700. The molecule has 1 aromatic carbocycles. The fourth-order valence-electron chi connectivity index (χ4n) is 4.59. The van der Waals surface area contributed by atoms with E-state index in [4.69, 9.17) is 9.47 Å². The molecule has 0 saturated carbocycles. The smallest absolute Gasteiger partial charge is 0.119 e. The number of benzene rings is 1. The highest BCUT2D eigenvalue weighted by molar-refractivity contribution is 5.49. The summed E-state index contributed by atoms with van der Waals surface area (Å²) in [4.78, 5) is 5.11. The highest BCUT2D eigenvalue weighted by Gasteiger charge is 2.37. The van der Waals surface area contributed by atoms with Gasteiger partial charge in [0.2, 0.25) is 0 Å². The molecule has 0 spiro atoms. The molecule has 138 valence electrons. The molecule has 1 aromatic rings. The lowest BCUT2D eigenvalue weighted by atomic mass is 10.0. The largest absolute Gasteiger partial charge is 0.497 e. The lowest BCUT2D eigenvalue weighted by Gasteiger charge is -2.35. The average Bonchev–Trinajstić information content (AvgIpc) is 3.04. The molecule has 5 nitrogen and oxygen atoms in total. The van der Waals surface area contributed by atoms with Crippen LogP contribution in [0.2, 0.25) is 0 Å². The van der Waals surface area contributed by atoms with Gasteiger partial charge in [-0.2, -0.15) is 0 Å². The number of morpholine rings is 1. The molecule has 0 amide bonds. The number of ether oxygens (including phenoxy) is 2. The van der Waals surface area contributed by atoms with E-state index in [1.165, 1.54) is 31.5 Å². The topological polar surface area (TPSA) is 37.0 Å². The zero-order valence-electron chi connectivity index (χ0n) is 15.5. The normalized spacial score (nSPS) is 31.1. The fourth-order valence-corrected chi connectivity index (χ4v) is 4.59. The number of rotatable bonds is 4. The Kier molecular flexibility index (Phi) is 5.15. The summed E-state index contributed by atoms with van der Waals surface area (Å²) in [6, 6.07) is 10.4. The Hall–Kier alpha value is -1.30. The van der Waals surface area contributed by atoms with Gasteiger partial charge in [-0.3, -0.25) is 4.90 Å². The molecule has 0 aliphatic carbocycles. The number of hydrogen-bond donors (Lipinski definition) is 1. The summed E-state index contributed by atoms with van der Waals surface area (Å²) in [5.41, 5.74) is 1.31. The van der Waals surface area contributed by atoms with Gasteiger partial charge in [-0.15, -0.1) is 0 Å². The van der Waals surface area contributed by atoms with Crippen molar-refractivity contribution in [3.8, 4) is 5.75 Å². The Labute approximate surface area is 151 Å². The van der Waals surface area contributed by atoms with Crippen molar-refractivity contribution in [1.82, 2.24) is 10.2 Å². The summed E-state index contributed by atoms with van der Waals surface area (Å²) in [6.07, 6.45) is 4.08. The zero-order valence-corrected chi connectivity index (χ0v) is 15.5. The molecule has 4 rings (SSSR count). The molecule has 3 saturated heterocycles. The summed E-state index contributed by atoms with van der Waals surface area (Å²) in [6.45, 7) is 7.64. The van der Waals surface area contributed by atoms with E-state index < -0.39 is 0 Å². The Bertz CT molecular complexity index is 557. The molecule has 5 heteroatoms. The molecule has 0 bridgehead atoms. The van der Waals surface area contributed by atoms with Crippen LogP contribution in [-0.4, -0.2) is 69.0 Å². The van der Waals surface area contributed by atoms with E-state index in [1.807, 2.05) is 0 Å². The van der Waals surface area contributed by atoms with Gasteiger partial charge in [0.1, 0.15) is 5.75 Å². The Balaban J connectivity index is 1.25. The van der Waals surface area contributed by atoms with Gasteiger partial charge in [0, 0.05) is 50.0 Å². The van der Waals surface area contributed by atoms with Crippen molar-refractivity contribution in [1.29, 1.82) is 0 Å². The quantitative estimate of drug-likeness (QED) is 0.905. The van der Waals surface area contributed by atoms with Crippen molar-refractivity contribution in [3.05, 3.63) is 24.3 Å². The monoisotopic (exact) mass is 345 g/mol. The lowest BCUT2D eigenvalue weighted by molar-refractivity contribution is -0.0390. The predicted molar refractivity (Wildman–Crippen MR) is 101 cm³/mol. The summed E-state index contributed by atoms with van der Waals surface area (Å²) in [5, 5.41) is 3.94. The van der Waals surface area contributed by atoms with Crippen molar-refractivity contribution >= 4 is 5.69 Å². The number of piperidine rings is 1. The van der Waals surface area contributed by atoms with E-state index in [9.17, 15) is 0 Å². The van der Waals surface area contributed by atoms with Crippen molar-refractivity contribution in [3.63, 3.8) is 0 Å². The summed E-state index contributed by atoms with van der Waals surface area (Å²) >= 11 is 0. The molecule has 3 atom stereocenters. The predicted octanol–water partition coefficient (Wildman–Crippen LogP) is 2.12. The van der Waals surface area contributed by atoms with Gasteiger partial charge in [-0.25, -0.2) is 0 Å².